The smallest absolute Gasteiger partial charge is 0.142 e. The SMILES string of the molecule is COc1ccc(Cl)cc1N1CCC(NCc2c(C(C)C)nn(C)c2N2CCOCC2)C1. The van der Waals surface area contributed by atoms with Crippen LogP contribution in [0, 0.1) is 0 Å². The van der Waals surface area contributed by atoms with E-state index in [0.29, 0.717) is 12.0 Å². The Hall–Kier alpha value is -1.96. The van der Waals surface area contributed by atoms with Crippen molar-refractivity contribution < 1.29 is 9.47 Å². The van der Waals surface area contributed by atoms with Crippen LogP contribution in [-0.2, 0) is 18.3 Å². The molecular weight excluding hydrogens is 414 g/mol. The summed E-state index contributed by atoms with van der Waals surface area (Å²) in [5.74, 6) is 2.48. The quantitative estimate of drug-likeness (QED) is 0.702. The molecule has 0 radical (unpaired) electrons. The van der Waals surface area contributed by atoms with Gasteiger partial charge in [-0.25, -0.2) is 0 Å². The molecular formula is C23H34ClN5O2. The zero-order chi connectivity index (χ0) is 22.0. The molecule has 0 bridgehead atoms. The monoisotopic (exact) mass is 447 g/mol. The van der Waals surface area contributed by atoms with Gasteiger partial charge in [0.1, 0.15) is 11.6 Å². The fourth-order valence-electron chi connectivity index (χ4n) is 4.69. The van der Waals surface area contributed by atoms with E-state index >= 15 is 0 Å². The molecule has 31 heavy (non-hydrogen) atoms. The molecule has 1 aromatic carbocycles. The number of aromatic nitrogens is 2. The Kier molecular flexibility index (Phi) is 6.94. The normalized spacial score (nSPS) is 19.5. The molecule has 2 fully saturated rings. The van der Waals surface area contributed by atoms with Crippen LogP contribution in [0.15, 0.2) is 18.2 Å². The maximum Gasteiger partial charge on any atom is 0.142 e. The van der Waals surface area contributed by atoms with Crippen molar-refractivity contribution in [2.24, 2.45) is 7.05 Å². The summed E-state index contributed by atoms with van der Waals surface area (Å²) in [6.07, 6.45) is 1.08. The van der Waals surface area contributed by atoms with Crippen LogP contribution in [0.1, 0.15) is 37.4 Å². The van der Waals surface area contributed by atoms with Crippen LogP contribution in [0.25, 0.3) is 0 Å². The number of halogens is 1. The van der Waals surface area contributed by atoms with E-state index in [1.807, 2.05) is 18.2 Å². The van der Waals surface area contributed by atoms with Crippen molar-refractivity contribution in [3.63, 3.8) is 0 Å². The lowest BCUT2D eigenvalue weighted by Gasteiger charge is -2.30. The third-order valence-electron chi connectivity index (χ3n) is 6.24. The maximum atomic E-state index is 6.25. The summed E-state index contributed by atoms with van der Waals surface area (Å²) in [5, 5.41) is 9.42. The second-order valence-electron chi connectivity index (χ2n) is 8.69. The number of hydrogen-bond donors (Lipinski definition) is 1. The van der Waals surface area contributed by atoms with Crippen LogP contribution >= 0.6 is 11.6 Å². The van der Waals surface area contributed by atoms with E-state index < -0.39 is 0 Å². The largest absolute Gasteiger partial charge is 0.495 e. The Labute approximate surface area is 190 Å². The molecule has 8 heteroatoms. The number of nitrogens with one attached hydrogen (secondary N) is 1. The van der Waals surface area contributed by atoms with Gasteiger partial charge < -0.3 is 24.6 Å². The number of benzene rings is 1. The summed E-state index contributed by atoms with van der Waals surface area (Å²) < 4.78 is 13.2. The summed E-state index contributed by atoms with van der Waals surface area (Å²) in [6.45, 7) is 10.5. The van der Waals surface area contributed by atoms with Crippen LogP contribution in [0.5, 0.6) is 5.75 Å². The molecule has 2 aliphatic rings. The van der Waals surface area contributed by atoms with Gasteiger partial charge in [0.05, 0.1) is 31.7 Å². The van der Waals surface area contributed by atoms with E-state index in [-0.39, 0.29) is 0 Å². The fraction of sp³-hybridized carbons (Fsp3) is 0.609. The first-order valence-electron chi connectivity index (χ1n) is 11.2. The third-order valence-corrected chi connectivity index (χ3v) is 6.47. The minimum absolute atomic E-state index is 0.383. The van der Waals surface area contributed by atoms with Crippen molar-refractivity contribution in [2.75, 3.05) is 56.3 Å². The second kappa shape index (κ2) is 9.67. The molecule has 4 rings (SSSR count). The van der Waals surface area contributed by atoms with Crippen molar-refractivity contribution in [3.05, 3.63) is 34.5 Å². The maximum absolute atomic E-state index is 6.25. The number of nitrogens with zero attached hydrogens (tertiary/aromatic N) is 4. The van der Waals surface area contributed by atoms with Crippen LogP contribution in [0.4, 0.5) is 11.5 Å². The minimum Gasteiger partial charge on any atom is -0.495 e. The van der Waals surface area contributed by atoms with E-state index in [9.17, 15) is 0 Å². The lowest BCUT2D eigenvalue weighted by molar-refractivity contribution is 0.122. The third kappa shape index (κ3) is 4.78. The number of hydrogen-bond acceptors (Lipinski definition) is 6. The highest BCUT2D eigenvalue weighted by Gasteiger charge is 2.28. The highest BCUT2D eigenvalue weighted by Crippen LogP contribution is 2.34. The molecule has 0 saturated carbocycles. The standard InChI is InChI=1S/C23H34ClN5O2/c1-16(2)22-19(23(27(3)26-22)28-9-11-31-12-10-28)14-25-18-7-8-29(15-18)20-13-17(24)5-6-21(20)30-4/h5-6,13,16,18,25H,7-12,14-15H2,1-4H3. The summed E-state index contributed by atoms with van der Waals surface area (Å²) >= 11 is 6.25. The molecule has 2 aromatic rings. The van der Waals surface area contributed by atoms with Crippen molar-refractivity contribution in [2.45, 2.75) is 38.8 Å². The van der Waals surface area contributed by atoms with Gasteiger partial charge in [0.15, 0.2) is 0 Å². The van der Waals surface area contributed by atoms with Gasteiger partial charge in [0, 0.05) is 56.4 Å². The predicted octanol–water partition coefficient (Wildman–Crippen LogP) is 3.41. The first-order valence-corrected chi connectivity index (χ1v) is 11.6. The first-order chi connectivity index (χ1) is 15.0. The van der Waals surface area contributed by atoms with Crippen molar-refractivity contribution in [1.82, 2.24) is 15.1 Å². The lowest BCUT2D eigenvalue weighted by Crippen LogP contribution is -2.38. The Morgan fingerprint density at radius 3 is 2.71 bits per heavy atom. The lowest BCUT2D eigenvalue weighted by atomic mass is 10.0. The van der Waals surface area contributed by atoms with Crippen LogP contribution < -0.4 is 19.9 Å². The first kappa shape index (κ1) is 22.2. The molecule has 1 N–H and O–H groups in total. The highest BCUT2D eigenvalue weighted by atomic mass is 35.5. The Bertz CT molecular complexity index is 894. The molecule has 7 nitrogen and oxygen atoms in total. The molecule has 1 atom stereocenters. The summed E-state index contributed by atoms with van der Waals surface area (Å²) in [6, 6.07) is 6.22. The van der Waals surface area contributed by atoms with Crippen LogP contribution in [0.3, 0.4) is 0 Å². The number of methoxy groups -OCH3 is 1. The zero-order valence-corrected chi connectivity index (χ0v) is 19.8. The number of anilines is 2. The van der Waals surface area contributed by atoms with Gasteiger partial charge in [0.25, 0.3) is 0 Å². The molecule has 3 heterocycles. The van der Waals surface area contributed by atoms with Gasteiger partial charge in [-0.3, -0.25) is 4.68 Å². The number of ether oxygens (including phenoxy) is 2. The van der Waals surface area contributed by atoms with Gasteiger partial charge >= 0.3 is 0 Å². The summed E-state index contributed by atoms with van der Waals surface area (Å²) in [4.78, 5) is 4.77. The molecule has 2 aliphatic heterocycles. The van der Waals surface area contributed by atoms with Crippen molar-refractivity contribution >= 4 is 23.1 Å². The van der Waals surface area contributed by atoms with E-state index in [1.54, 1.807) is 7.11 Å². The molecule has 0 spiro atoms. The molecule has 0 amide bonds. The van der Waals surface area contributed by atoms with Gasteiger partial charge in [-0.15, -0.1) is 0 Å². The van der Waals surface area contributed by atoms with E-state index in [2.05, 4.69) is 40.7 Å². The average molecular weight is 448 g/mol. The fourth-order valence-corrected chi connectivity index (χ4v) is 4.85. The Morgan fingerprint density at radius 1 is 1.23 bits per heavy atom. The molecule has 1 unspecified atom stereocenters. The Balaban J connectivity index is 1.48. The van der Waals surface area contributed by atoms with Crippen LogP contribution in [0.2, 0.25) is 5.02 Å². The number of morpholine rings is 1. The van der Waals surface area contributed by atoms with Gasteiger partial charge in [-0.2, -0.15) is 5.10 Å². The van der Waals surface area contributed by atoms with E-state index in [4.69, 9.17) is 26.2 Å². The van der Waals surface area contributed by atoms with E-state index in [1.165, 1.54) is 17.1 Å². The summed E-state index contributed by atoms with van der Waals surface area (Å²) in [7, 11) is 3.77. The number of rotatable bonds is 7. The number of aryl methyl sites for hydroxylation is 1. The van der Waals surface area contributed by atoms with Crippen LogP contribution in [-0.4, -0.2) is 62.3 Å². The van der Waals surface area contributed by atoms with Gasteiger partial charge in [-0.1, -0.05) is 25.4 Å². The Morgan fingerprint density at radius 2 is 2.00 bits per heavy atom. The van der Waals surface area contributed by atoms with Crippen molar-refractivity contribution in [1.29, 1.82) is 0 Å². The molecule has 170 valence electrons. The summed E-state index contributed by atoms with van der Waals surface area (Å²) in [5.41, 5.74) is 3.57. The second-order valence-corrected chi connectivity index (χ2v) is 9.13. The average Bonchev–Trinajstić information content (AvgIpc) is 3.37. The zero-order valence-electron chi connectivity index (χ0n) is 19.0. The highest BCUT2D eigenvalue weighted by molar-refractivity contribution is 6.30. The molecule has 1 aromatic heterocycles. The van der Waals surface area contributed by atoms with Crippen molar-refractivity contribution in [3.8, 4) is 5.75 Å². The molecule has 2 saturated heterocycles. The predicted molar refractivity (Wildman–Crippen MR) is 126 cm³/mol. The van der Waals surface area contributed by atoms with E-state index in [0.717, 1.165) is 68.8 Å². The van der Waals surface area contributed by atoms with Gasteiger partial charge in [0.2, 0.25) is 0 Å². The topological polar surface area (TPSA) is 54.8 Å². The van der Waals surface area contributed by atoms with Gasteiger partial charge in [-0.05, 0) is 30.5 Å². The molecule has 0 aliphatic carbocycles. The minimum atomic E-state index is 0.383.